The lowest BCUT2D eigenvalue weighted by atomic mass is 10.2. The molecule has 4 rings (SSSR count). The van der Waals surface area contributed by atoms with Gasteiger partial charge >= 0.3 is 11.1 Å². The molecule has 1 aliphatic rings. The van der Waals surface area contributed by atoms with Gasteiger partial charge in [0.25, 0.3) is 0 Å². The van der Waals surface area contributed by atoms with Gasteiger partial charge in [0.15, 0.2) is 11.5 Å². The predicted molar refractivity (Wildman–Crippen MR) is 114 cm³/mol. The number of carbonyl (C=O) groups is 1. The number of carbonyl (C=O) groups excluding carboxylic acids is 1. The number of para-hydroxylation sites is 1. The van der Waals surface area contributed by atoms with E-state index >= 15 is 0 Å². The van der Waals surface area contributed by atoms with Gasteiger partial charge in [-0.2, -0.15) is 0 Å². The number of ether oxygens (including phenoxy) is 2. The lowest BCUT2D eigenvalue weighted by Gasteiger charge is -2.17. The van der Waals surface area contributed by atoms with Gasteiger partial charge in [0.2, 0.25) is 11.9 Å². The number of fused-ring (bicyclic) bond motifs is 1. The van der Waals surface area contributed by atoms with Crippen LogP contribution in [-0.4, -0.2) is 41.0 Å². The molecule has 0 radical (unpaired) electrons. The lowest BCUT2D eigenvalue weighted by molar-refractivity contribution is -0.117. The van der Waals surface area contributed by atoms with E-state index in [0.717, 1.165) is 10.4 Å². The first-order valence-electron chi connectivity index (χ1n) is 9.58. The Morgan fingerprint density at radius 2 is 1.74 bits per heavy atom. The topological polar surface area (TPSA) is 108 Å². The van der Waals surface area contributed by atoms with Gasteiger partial charge < -0.3 is 19.7 Å². The third-order valence-electron chi connectivity index (χ3n) is 4.93. The molecule has 1 aliphatic heterocycles. The number of amides is 1. The van der Waals surface area contributed by atoms with Crippen LogP contribution in [0.4, 0.5) is 17.3 Å². The molecule has 0 saturated heterocycles. The molecule has 1 N–H and O–H groups in total. The van der Waals surface area contributed by atoms with Crippen LogP contribution < -0.4 is 30.8 Å². The van der Waals surface area contributed by atoms with Crippen molar-refractivity contribution in [1.82, 2.24) is 14.3 Å². The molecule has 0 saturated carbocycles. The molecule has 3 aromatic rings. The van der Waals surface area contributed by atoms with Crippen LogP contribution in [0, 0.1) is 0 Å². The van der Waals surface area contributed by atoms with Gasteiger partial charge in [-0.3, -0.25) is 19.0 Å². The maximum absolute atomic E-state index is 12.6. The molecular weight excluding hydrogens is 402 g/mol. The van der Waals surface area contributed by atoms with Gasteiger partial charge in [-0.25, -0.2) is 4.68 Å². The summed E-state index contributed by atoms with van der Waals surface area (Å²) < 4.78 is 12.6. The smallest absolute Gasteiger partial charge is 0.333 e. The number of methoxy groups -OCH3 is 2. The Hall–Kier alpha value is -4.08. The number of hydrogen-bond acceptors (Lipinski definition) is 7. The van der Waals surface area contributed by atoms with Crippen LogP contribution in [0.15, 0.2) is 58.1 Å². The minimum atomic E-state index is -0.846. The van der Waals surface area contributed by atoms with Crippen molar-refractivity contribution in [2.45, 2.75) is 13.1 Å². The molecule has 0 atom stereocenters. The molecule has 0 fully saturated rings. The first kappa shape index (κ1) is 20.2. The molecule has 10 nitrogen and oxygen atoms in total. The van der Waals surface area contributed by atoms with Crippen molar-refractivity contribution in [2.24, 2.45) is 0 Å². The average molecular weight is 423 g/mol. The third kappa shape index (κ3) is 3.87. The zero-order valence-corrected chi connectivity index (χ0v) is 17.1. The Balaban J connectivity index is 1.59. The summed E-state index contributed by atoms with van der Waals surface area (Å²) in [4.78, 5) is 39.4. The summed E-state index contributed by atoms with van der Waals surface area (Å²) in [5.74, 6) is 0.793. The standard InChI is InChI=1S/C21H21N5O5/c1-30-16-9-8-14(12-17(16)31-2)22-18(27)13-26-20(29)19(28)25-11-10-24(21(25)23-26)15-6-4-3-5-7-15/h3-9,12H,10-11,13H2,1-2H3,(H,22,27). The van der Waals surface area contributed by atoms with Crippen molar-refractivity contribution in [3.8, 4) is 11.5 Å². The van der Waals surface area contributed by atoms with Crippen molar-refractivity contribution in [2.75, 3.05) is 31.0 Å². The summed E-state index contributed by atoms with van der Waals surface area (Å²) >= 11 is 0. The fraction of sp³-hybridized carbons (Fsp3) is 0.238. The number of anilines is 3. The van der Waals surface area contributed by atoms with E-state index in [0.29, 0.717) is 36.2 Å². The molecule has 1 amide bonds. The van der Waals surface area contributed by atoms with Crippen LogP contribution in [0.2, 0.25) is 0 Å². The number of rotatable bonds is 6. The highest BCUT2D eigenvalue weighted by molar-refractivity contribution is 5.90. The van der Waals surface area contributed by atoms with Crippen molar-refractivity contribution in [1.29, 1.82) is 0 Å². The van der Waals surface area contributed by atoms with E-state index in [-0.39, 0.29) is 0 Å². The molecule has 0 aliphatic carbocycles. The zero-order valence-electron chi connectivity index (χ0n) is 17.1. The van der Waals surface area contributed by atoms with E-state index in [1.54, 1.807) is 18.2 Å². The Labute approximate surface area is 177 Å². The second-order valence-electron chi connectivity index (χ2n) is 6.82. The summed E-state index contributed by atoms with van der Waals surface area (Å²) in [6.07, 6.45) is 0. The van der Waals surface area contributed by atoms with Crippen molar-refractivity contribution in [3.05, 3.63) is 69.2 Å². The summed E-state index contributed by atoms with van der Waals surface area (Å²) in [7, 11) is 3.00. The minimum absolute atomic E-state index is 0.328. The van der Waals surface area contributed by atoms with E-state index < -0.39 is 23.6 Å². The first-order chi connectivity index (χ1) is 15.0. The molecular formula is C21H21N5O5. The average Bonchev–Trinajstić information content (AvgIpc) is 3.21. The van der Waals surface area contributed by atoms with Crippen LogP contribution in [0.3, 0.4) is 0 Å². The van der Waals surface area contributed by atoms with Crippen LogP contribution in [0.25, 0.3) is 0 Å². The number of nitrogens with zero attached hydrogens (tertiary/aromatic N) is 4. The summed E-state index contributed by atoms with van der Waals surface area (Å²) in [5.41, 5.74) is -0.247. The molecule has 2 heterocycles. The van der Waals surface area contributed by atoms with E-state index in [1.165, 1.54) is 18.8 Å². The van der Waals surface area contributed by atoms with E-state index in [2.05, 4.69) is 10.4 Å². The molecule has 10 heteroatoms. The van der Waals surface area contributed by atoms with Gasteiger partial charge in [-0.05, 0) is 24.3 Å². The highest BCUT2D eigenvalue weighted by Crippen LogP contribution is 2.29. The summed E-state index contributed by atoms with van der Waals surface area (Å²) in [5, 5.41) is 6.98. The normalized spacial score (nSPS) is 12.4. The molecule has 2 aromatic carbocycles. The van der Waals surface area contributed by atoms with Crippen molar-refractivity contribution < 1.29 is 14.3 Å². The highest BCUT2D eigenvalue weighted by Gasteiger charge is 2.26. The lowest BCUT2D eigenvalue weighted by Crippen LogP contribution is -2.44. The van der Waals surface area contributed by atoms with E-state index in [9.17, 15) is 14.4 Å². The molecule has 160 valence electrons. The predicted octanol–water partition coefficient (Wildman–Crippen LogP) is 1.21. The first-order valence-corrected chi connectivity index (χ1v) is 9.58. The Morgan fingerprint density at radius 1 is 1.00 bits per heavy atom. The number of aromatic nitrogens is 3. The van der Waals surface area contributed by atoms with Crippen LogP contribution >= 0.6 is 0 Å². The molecule has 0 unspecified atom stereocenters. The minimum Gasteiger partial charge on any atom is -0.493 e. The Kier molecular flexibility index (Phi) is 5.44. The number of nitrogens with one attached hydrogen (secondary N) is 1. The zero-order chi connectivity index (χ0) is 22.0. The van der Waals surface area contributed by atoms with Crippen LogP contribution in [-0.2, 0) is 17.9 Å². The highest BCUT2D eigenvalue weighted by atomic mass is 16.5. The van der Waals surface area contributed by atoms with Gasteiger partial charge in [0, 0.05) is 30.5 Å². The maximum atomic E-state index is 12.6. The summed E-state index contributed by atoms with van der Waals surface area (Å²) in [6.45, 7) is 0.455. The third-order valence-corrected chi connectivity index (χ3v) is 4.93. The number of hydrogen-bond donors (Lipinski definition) is 1. The van der Waals surface area contributed by atoms with E-state index in [1.807, 2.05) is 35.2 Å². The SMILES string of the molecule is COc1ccc(NC(=O)Cn2nc3n(c(=O)c2=O)CCN3c2ccccc2)cc1OC. The largest absolute Gasteiger partial charge is 0.493 e. The molecule has 0 bridgehead atoms. The molecule has 31 heavy (non-hydrogen) atoms. The fourth-order valence-electron chi connectivity index (χ4n) is 3.44. The second kappa shape index (κ2) is 8.34. The maximum Gasteiger partial charge on any atom is 0.333 e. The van der Waals surface area contributed by atoms with Gasteiger partial charge in [-0.1, -0.05) is 18.2 Å². The van der Waals surface area contributed by atoms with Crippen LogP contribution in [0.1, 0.15) is 0 Å². The second-order valence-corrected chi connectivity index (χ2v) is 6.82. The quantitative estimate of drug-likeness (QED) is 0.594. The Bertz CT molecular complexity index is 1240. The fourth-order valence-corrected chi connectivity index (χ4v) is 3.44. The molecule has 1 aromatic heterocycles. The van der Waals surface area contributed by atoms with E-state index in [4.69, 9.17) is 9.47 Å². The van der Waals surface area contributed by atoms with Gasteiger partial charge in [0.1, 0.15) is 6.54 Å². The Morgan fingerprint density at radius 3 is 2.45 bits per heavy atom. The molecule has 0 spiro atoms. The van der Waals surface area contributed by atoms with Crippen LogP contribution in [0.5, 0.6) is 11.5 Å². The van der Waals surface area contributed by atoms with Gasteiger partial charge in [0.05, 0.1) is 14.2 Å². The number of benzene rings is 2. The monoisotopic (exact) mass is 423 g/mol. The van der Waals surface area contributed by atoms with Crippen molar-refractivity contribution in [3.63, 3.8) is 0 Å². The van der Waals surface area contributed by atoms with Gasteiger partial charge in [-0.15, -0.1) is 5.10 Å². The summed E-state index contributed by atoms with van der Waals surface area (Å²) in [6, 6.07) is 14.3. The van der Waals surface area contributed by atoms with Crippen molar-refractivity contribution >= 4 is 23.2 Å².